The number of aliphatic imine (C=N–C) groups is 1. The minimum atomic E-state index is -0.0168. The minimum absolute atomic E-state index is 0.0168. The van der Waals surface area contributed by atoms with Gasteiger partial charge in [-0.15, -0.1) is 0 Å². The summed E-state index contributed by atoms with van der Waals surface area (Å²) in [5, 5.41) is 5.16. The van der Waals surface area contributed by atoms with E-state index < -0.39 is 0 Å². The van der Waals surface area contributed by atoms with Gasteiger partial charge in [0.1, 0.15) is 0 Å². The molecule has 0 aromatic heterocycles. The van der Waals surface area contributed by atoms with E-state index in [-0.39, 0.29) is 5.78 Å². The van der Waals surface area contributed by atoms with Gasteiger partial charge in [0, 0.05) is 11.4 Å². The maximum Gasteiger partial charge on any atom is 0.178 e. The molecule has 148 valence electrons. The molecule has 0 aliphatic heterocycles. The van der Waals surface area contributed by atoms with Crippen LogP contribution in [-0.2, 0) is 9.63 Å². The van der Waals surface area contributed by atoms with Crippen LogP contribution in [0.4, 0.5) is 28.4 Å². The Bertz CT molecular complexity index is 1080. The first-order valence-electron chi connectivity index (χ1n) is 9.56. The molecule has 30 heavy (non-hydrogen) atoms. The summed E-state index contributed by atoms with van der Waals surface area (Å²) >= 11 is 0. The van der Waals surface area contributed by atoms with Crippen LogP contribution in [0.2, 0.25) is 0 Å². The summed E-state index contributed by atoms with van der Waals surface area (Å²) in [4.78, 5) is 21.2. The molecule has 0 saturated heterocycles. The Morgan fingerprint density at radius 3 is 1.90 bits per heavy atom. The molecule has 5 heteroatoms. The van der Waals surface area contributed by atoms with E-state index >= 15 is 0 Å². The average Bonchev–Trinajstić information content (AvgIpc) is 2.79. The predicted molar refractivity (Wildman–Crippen MR) is 122 cm³/mol. The van der Waals surface area contributed by atoms with Gasteiger partial charge in [0.15, 0.2) is 5.78 Å². The van der Waals surface area contributed by atoms with E-state index in [1.165, 1.54) is 12.2 Å². The maximum absolute atomic E-state index is 11.2. The number of rotatable bonds is 6. The van der Waals surface area contributed by atoms with Crippen molar-refractivity contribution in [1.29, 1.82) is 0 Å². The van der Waals surface area contributed by atoms with Gasteiger partial charge in [-0.2, -0.15) is 0 Å². The molecular formula is C25H21N3O2. The third-order valence-corrected chi connectivity index (χ3v) is 4.53. The predicted octanol–water partition coefficient (Wildman–Crippen LogP) is 5.90. The molecule has 4 rings (SSSR count). The monoisotopic (exact) mass is 395 g/mol. The van der Waals surface area contributed by atoms with Crippen LogP contribution in [0.1, 0.15) is 0 Å². The van der Waals surface area contributed by atoms with Crippen LogP contribution in [0.15, 0.2) is 108 Å². The molecule has 0 bridgehead atoms. The lowest BCUT2D eigenvalue weighted by Gasteiger charge is -2.22. The van der Waals surface area contributed by atoms with Crippen molar-refractivity contribution in [1.82, 2.24) is 0 Å². The van der Waals surface area contributed by atoms with Crippen molar-refractivity contribution in [3.8, 4) is 0 Å². The van der Waals surface area contributed by atoms with Gasteiger partial charge in [-0.25, -0.2) is 10.1 Å². The van der Waals surface area contributed by atoms with Gasteiger partial charge in [-0.05, 0) is 85.0 Å². The third kappa shape index (κ3) is 4.71. The highest BCUT2D eigenvalue weighted by Crippen LogP contribution is 2.28. The Morgan fingerprint density at radius 2 is 1.30 bits per heavy atom. The second kappa shape index (κ2) is 9.03. The van der Waals surface area contributed by atoms with Crippen molar-refractivity contribution in [3.05, 3.63) is 103 Å². The van der Waals surface area contributed by atoms with Gasteiger partial charge < -0.3 is 5.32 Å². The number of carbonyl (C=O) groups excluding carboxylic acids is 1. The van der Waals surface area contributed by atoms with Crippen molar-refractivity contribution in [3.63, 3.8) is 0 Å². The lowest BCUT2D eigenvalue weighted by molar-refractivity contribution is -0.110. The SMILES string of the molecule is CON(c1ccccc1)c1ccc(Nc2ccc(N=C3C=CC(=O)C=C3)cc2)cc1. The zero-order valence-electron chi connectivity index (χ0n) is 16.5. The number of hydrogen-bond acceptors (Lipinski definition) is 5. The molecule has 0 spiro atoms. The third-order valence-electron chi connectivity index (χ3n) is 4.53. The summed E-state index contributed by atoms with van der Waals surface area (Å²) in [5.74, 6) is -0.0168. The van der Waals surface area contributed by atoms with Gasteiger partial charge in [0.05, 0.1) is 29.9 Å². The van der Waals surface area contributed by atoms with Crippen LogP contribution < -0.4 is 10.4 Å². The number of nitrogens with zero attached hydrogens (tertiary/aromatic N) is 2. The number of anilines is 4. The first kappa shape index (κ1) is 19.4. The Balaban J connectivity index is 1.43. The van der Waals surface area contributed by atoms with Gasteiger partial charge >= 0.3 is 0 Å². The second-order valence-electron chi connectivity index (χ2n) is 6.64. The second-order valence-corrected chi connectivity index (χ2v) is 6.64. The van der Waals surface area contributed by atoms with Crippen molar-refractivity contribution in [2.24, 2.45) is 4.99 Å². The molecule has 3 aromatic carbocycles. The van der Waals surface area contributed by atoms with E-state index in [0.29, 0.717) is 0 Å². The molecule has 0 radical (unpaired) electrons. The van der Waals surface area contributed by atoms with E-state index in [2.05, 4.69) is 10.3 Å². The smallest absolute Gasteiger partial charge is 0.178 e. The standard InChI is InChI=1S/C25H21N3O2/c1-30-28(23-5-3-2-4-6-23)24-15-11-21(12-16-24)26-19-7-9-20(10-8-19)27-22-13-17-25(29)18-14-22/h2-18,26H,1H3. The molecular weight excluding hydrogens is 374 g/mol. The van der Waals surface area contributed by atoms with E-state index in [9.17, 15) is 4.79 Å². The van der Waals surface area contributed by atoms with Gasteiger partial charge in [-0.3, -0.25) is 9.63 Å². The van der Waals surface area contributed by atoms with Crippen LogP contribution in [-0.4, -0.2) is 18.6 Å². The highest BCUT2D eigenvalue weighted by Gasteiger charge is 2.08. The lowest BCUT2D eigenvalue weighted by Crippen LogP contribution is -2.14. The molecule has 1 aliphatic rings. The van der Waals surface area contributed by atoms with Crippen LogP contribution in [0.25, 0.3) is 0 Å². The van der Waals surface area contributed by atoms with Crippen molar-refractivity contribution in [2.45, 2.75) is 0 Å². The van der Waals surface area contributed by atoms with Crippen LogP contribution in [0.5, 0.6) is 0 Å². The van der Waals surface area contributed by atoms with Crippen molar-refractivity contribution in [2.75, 3.05) is 17.5 Å². The van der Waals surface area contributed by atoms with Crippen molar-refractivity contribution < 1.29 is 9.63 Å². The summed E-state index contributed by atoms with van der Waals surface area (Å²) in [6.45, 7) is 0. The summed E-state index contributed by atoms with van der Waals surface area (Å²) in [6.07, 6.45) is 6.46. The number of hydrogen-bond donors (Lipinski definition) is 1. The van der Waals surface area contributed by atoms with Crippen LogP contribution >= 0.6 is 0 Å². The van der Waals surface area contributed by atoms with Crippen molar-refractivity contribution >= 4 is 39.9 Å². The van der Waals surface area contributed by atoms with Gasteiger partial charge in [0.25, 0.3) is 0 Å². The van der Waals surface area contributed by atoms with E-state index in [1.807, 2.05) is 78.9 Å². The minimum Gasteiger partial charge on any atom is -0.356 e. The zero-order valence-corrected chi connectivity index (χ0v) is 16.5. The Morgan fingerprint density at radius 1 is 0.733 bits per heavy atom. The summed E-state index contributed by atoms with van der Waals surface area (Å²) in [7, 11) is 1.65. The number of para-hydroxylation sites is 1. The largest absolute Gasteiger partial charge is 0.356 e. The molecule has 1 aliphatic carbocycles. The van der Waals surface area contributed by atoms with Gasteiger partial charge in [-0.1, -0.05) is 18.2 Å². The van der Waals surface area contributed by atoms with Crippen LogP contribution in [0.3, 0.4) is 0 Å². The summed E-state index contributed by atoms with van der Waals surface area (Å²) in [6, 6.07) is 25.8. The number of carbonyl (C=O) groups is 1. The zero-order chi connectivity index (χ0) is 20.8. The normalized spacial score (nSPS) is 12.7. The van der Waals surface area contributed by atoms with E-state index in [4.69, 9.17) is 4.84 Å². The number of ketones is 1. The summed E-state index contributed by atoms with van der Waals surface area (Å²) in [5.41, 5.74) is 5.42. The molecule has 0 atom stereocenters. The average molecular weight is 395 g/mol. The lowest BCUT2D eigenvalue weighted by atomic mass is 10.1. The molecule has 0 heterocycles. The topological polar surface area (TPSA) is 53.9 Å². The number of benzene rings is 3. The fourth-order valence-electron chi connectivity index (χ4n) is 3.06. The molecule has 0 fully saturated rings. The maximum atomic E-state index is 11.2. The van der Waals surface area contributed by atoms with E-state index in [0.717, 1.165) is 34.1 Å². The first-order valence-corrected chi connectivity index (χ1v) is 9.56. The fraction of sp³-hybridized carbons (Fsp3) is 0.0400. The summed E-state index contributed by atoms with van der Waals surface area (Å²) < 4.78 is 0. The number of allylic oxidation sites excluding steroid dienone is 4. The highest BCUT2D eigenvalue weighted by atomic mass is 16.7. The molecule has 3 aromatic rings. The molecule has 0 unspecified atom stereocenters. The molecule has 0 amide bonds. The van der Waals surface area contributed by atoms with Crippen LogP contribution in [0, 0.1) is 0 Å². The Hall–Kier alpha value is -3.96. The quantitative estimate of drug-likeness (QED) is 0.417. The Kier molecular flexibility index (Phi) is 5.83. The van der Waals surface area contributed by atoms with Gasteiger partial charge in [0.2, 0.25) is 0 Å². The first-order chi connectivity index (χ1) is 14.7. The molecule has 1 N–H and O–H groups in total. The number of nitrogens with one attached hydrogen (secondary N) is 1. The van der Waals surface area contributed by atoms with E-state index in [1.54, 1.807) is 24.3 Å². The molecule has 5 nitrogen and oxygen atoms in total. The Labute approximate surface area is 175 Å². The highest BCUT2D eigenvalue weighted by molar-refractivity contribution is 6.17. The fourth-order valence-corrected chi connectivity index (χ4v) is 3.06. The molecule has 0 saturated carbocycles.